The molecule has 5 rings (SSSR count). The number of ether oxygens (including phenoxy) is 2. The van der Waals surface area contributed by atoms with Gasteiger partial charge in [-0.05, 0) is 12.1 Å². The summed E-state index contributed by atoms with van der Waals surface area (Å²) in [5, 5.41) is 12.5. The molecular weight excluding hydrogens is 378 g/mol. The zero-order valence-corrected chi connectivity index (χ0v) is 16.0. The van der Waals surface area contributed by atoms with E-state index in [1.165, 1.54) is 9.60 Å². The summed E-state index contributed by atoms with van der Waals surface area (Å²) in [4.78, 5) is 17.3. The third kappa shape index (κ3) is 3.13. The highest BCUT2D eigenvalue weighted by molar-refractivity contribution is 7.18. The van der Waals surface area contributed by atoms with Crippen molar-refractivity contribution in [2.75, 3.05) is 13.3 Å². The molecule has 0 saturated carbocycles. The monoisotopic (exact) mass is 398 g/mol. The Kier molecular flexibility index (Phi) is 4.46. The maximum absolute atomic E-state index is 11.4. The number of thiazole rings is 1. The Labute approximate surface area is 165 Å². The van der Waals surface area contributed by atoms with Crippen molar-refractivity contribution in [2.45, 2.75) is 32.0 Å². The van der Waals surface area contributed by atoms with Gasteiger partial charge in [-0.2, -0.15) is 0 Å². The molecule has 0 spiro atoms. The van der Waals surface area contributed by atoms with Crippen LogP contribution in [0, 0.1) is 10.1 Å². The normalized spacial score (nSPS) is 21.4. The summed E-state index contributed by atoms with van der Waals surface area (Å²) in [5.41, 5.74) is 2.78. The van der Waals surface area contributed by atoms with Gasteiger partial charge in [-0.3, -0.25) is 10.1 Å². The molecule has 1 N–H and O–H groups in total. The lowest BCUT2D eigenvalue weighted by atomic mass is 10.1. The van der Waals surface area contributed by atoms with Crippen LogP contribution in [-0.4, -0.2) is 23.2 Å². The van der Waals surface area contributed by atoms with E-state index in [0.717, 1.165) is 46.8 Å². The summed E-state index contributed by atoms with van der Waals surface area (Å²) in [7, 11) is 0. The summed E-state index contributed by atoms with van der Waals surface area (Å²) in [5.74, 6) is 0.749. The molecular formula is C20H20N3O4S+. The molecule has 3 heterocycles. The Balaban J connectivity index is 1.48. The second-order valence-electron chi connectivity index (χ2n) is 7.26. The van der Waals surface area contributed by atoms with Crippen LogP contribution < -0.4 is 9.64 Å². The van der Waals surface area contributed by atoms with Crippen LogP contribution in [0.25, 0.3) is 10.2 Å². The molecule has 2 aliphatic heterocycles. The van der Waals surface area contributed by atoms with Crippen LogP contribution in [0.2, 0.25) is 0 Å². The fraction of sp³-hybridized carbons (Fsp3) is 0.350. The van der Waals surface area contributed by atoms with Gasteiger partial charge in [0, 0.05) is 30.5 Å². The number of hydrogen-bond donors (Lipinski definition) is 1. The van der Waals surface area contributed by atoms with Crippen LogP contribution in [0.5, 0.6) is 5.75 Å². The number of nitro groups is 1. The fourth-order valence-electron chi connectivity index (χ4n) is 4.22. The lowest BCUT2D eigenvalue weighted by Crippen LogP contribution is -3.08. The molecule has 0 bridgehead atoms. The second-order valence-corrected chi connectivity index (χ2v) is 8.32. The number of nitrogens with one attached hydrogen (secondary N) is 1. The van der Waals surface area contributed by atoms with E-state index >= 15 is 0 Å². The van der Waals surface area contributed by atoms with E-state index in [2.05, 4.69) is 12.1 Å². The maximum Gasteiger partial charge on any atom is 0.270 e. The number of nitro benzene ring substituents is 1. The van der Waals surface area contributed by atoms with E-state index in [1.54, 1.807) is 23.5 Å². The number of fused-ring (bicyclic) bond motifs is 2. The van der Waals surface area contributed by atoms with Gasteiger partial charge in [0.1, 0.15) is 18.3 Å². The van der Waals surface area contributed by atoms with Crippen LogP contribution in [0.1, 0.15) is 35.0 Å². The van der Waals surface area contributed by atoms with Gasteiger partial charge < -0.3 is 14.4 Å². The molecule has 0 aliphatic carbocycles. The minimum absolute atomic E-state index is 0.0954. The topological polar surface area (TPSA) is 78.9 Å². The average molecular weight is 398 g/mol. The first-order valence-electron chi connectivity index (χ1n) is 9.40. The van der Waals surface area contributed by atoms with Crippen molar-refractivity contribution >= 4 is 27.2 Å². The predicted molar refractivity (Wildman–Crippen MR) is 105 cm³/mol. The van der Waals surface area contributed by atoms with Crippen molar-refractivity contribution in [3.05, 3.63) is 62.6 Å². The number of hydrogen-bond acceptors (Lipinski definition) is 6. The van der Waals surface area contributed by atoms with Crippen LogP contribution in [0.4, 0.5) is 5.69 Å². The molecule has 28 heavy (non-hydrogen) atoms. The highest BCUT2D eigenvalue weighted by Gasteiger charge is 2.34. The minimum atomic E-state index is -0.345. The molecule has 0 amide bonds. The number of aromatic nitrogens is 1. The summed E-state index contributed by atoms with van der Waals surface area (Å²) >= 11 is 1.75. The van der Waals surface area contributed by atoms with Crippen LogP contribution >= 0.6 is 11.3 Å². The quantitative estimate of drug-likeness (QED) is 0.540. The van der Waals surface area contributed by atoms with Gasteiger partial charge in [-0.1, -0.05) is 12.1 Å². The smallest absolute Gasteiger partial charge is 0.270 e. The second kappa shape index (κ2) is 7.12. The molecule has 0 radical (unpaired) electrons. The lowest BCUT2D eigenvalue weighted by molar-refractivity contribution is -0.932. The SMILES string of the molecule is O=[N+]([O-])c1cc2c(c(C[NH+]3CCC[C@@H]3c3nc4ccccc4s3)c1)OCOC2. The van der Waals surface area contributed by atoms with Crippen molar-refractivity contribution in [3.63, 3.8) is 0 Å². The van der Waals surface area contributed by atoms with E-state index < -0.39 is 0 Å². The van der Waals surface area contributed by atoms with E-state index in [4.69, 9.17) is 14.5 Å². The van der Waals surface area contributed by atoms with Gasteiger partial charge in [-0.25, -0.2) is 4.98 Å². The van der Waals surface area contributed by atoms with Gasteiger partial charge >= 0.3 is 0 Å². The van der Waals surface area contributed by atoms with Crippen molar-refractivity contribution in [1.82, 2.24) is 4.98 Å². The van der Waals surface area contributed by atoms with Crippen LogP contribution in [0.15, 0.2) is 36.4 Å². The lowest BCUT2D eigenvalue weighted by Gasteiger charge is -2.24. The summed E-state index contributed by atoms with van der Waals surface area (Å²) in [6.07, 6.45) is 2.20. The molecule has 1 saturated heterocycles. The van der Waals surface area contributed by atoms with Gasteiger partial charge in [0.25, 0.3) is 5.69 Å². The Hall–Kier alpha value is -2.55. The Morgan fingerprint density at radius 1 is 1.32 bits per heavy atom. The molecule has 8 heteroatoms. The first-order valence-corrected chi connectivity index (χ1v) is 10.2. The van der Waals surface area contributed by atoms with Crippen LogP contribution in [-0.2, 0) is 17.9 Å². The molecule has 2 aliphatic rings. The first-order chi connectivity index (χ1) is 13.7. The van der Waals surface area contributed by atoms with E-state index in [0.29, 0.717) is 19.2 Å². The zero-order chi connectivity index (χ0) is 19.1. The first kappa shape index (κ1) is 17.5. The third-order valence-corrected chi connectivity index (χ3v) is 6.64. The van der Waals surface area contributed by atoms with Crippen molar-refractivity contribution in [1.29, 1.82) is 0 Å². The van der Waals surface area contributed by atoms with Gasteiger partial charge in [0.15, 0.2) is 11.8 Å². The third-order valence-electron chi connectivity index (χ3n) is 5.49. The Morgan fingerprint density at radius 2 is 2.21 bits per heavy atom. The fourth-order valence-corrected chi connectivity index (χ4v) is 5.38. The molecule has 1 fully saturated rings. The summed E-state index contributed by atoms with van der Waals surface area (Å²) in [6.45, 7) is 2.24. The molecule has 2 aromatic carbocycles. The highest BCUT2D eigenvalue weighted by atomic mass is 32.1. The standard InChI is InChI=1S/C20H19N3O4S/c24-23(25)15-8-13(19-14(9-15)11-26-12-27-19)10-22-7-3-5-17(22)20-21-16-4-1-2-6-18(16)28-20/h1-2,4,6,8-9,17H,3,5,7,10-12H2/p+1/t17-/m1/s1. The number of quaternary nitrogens is 1. The minimum Gasteiger partial charge on any atom is -0.467 e. The Morgan fingerprint density at radius 3 is 3.07 bits per heavy atom. The highest BCUT2D eigenvalue weighted by Crippen LogP contribution is 2.33. The largest absolute Gasteiger partial charge is 0.467 e. The zero-order valence-electron chi connectivity index (χ0n) is 15.2. The molecule has 1 unspecified atom stereocenters. The van der Waals surface area contributed by atoms with Crippen molar-refractivity contribution in [3.8, 4) is 5.75 Å². The van der Waals surface area contributed by atoms with Gasteiger partial charge in [-0.15, -0.1) is 11.3 Å². The van der Waals surface area contributed by atoms with Crippen LogP contribution in [0.3, 0.4) is 0 Å². The van der Waals surface area contributed by atoms with Gasteiger partial charge in [0.2, 0.25) is 0 Å². The molecule has 7 nitrogen and oxygen atoms in total. The number of para-hydroxylation sites is 1. The number of non-ortho nitro benzene ring substituents is 1. The molecule has 144 valence electrons. The van der Waals surface area contributed by atoms with E-state index in [-0.39, 0.29) is 17.4 Å². The van der Waals surface area contributed by atoms with Gasteiger partial charge in [0.05, 0.1) is 33.9 Å². The number of benzene rings is 2. The predicted octanol–water partition coefficient (Wildman–Crippen LogP) is 2.99. The maximum atomic E-state index is 11.4. The number of rotatable bonds is 4. The Bertz CT molecular complexity index is 1020. The summed E-state index contributed by atoms with van der Waals surface area (Å²) < 4.78 is 12.2. The van der Waals surface area contributed by atoms with E-state index in [9.17, 15) is 10.1 Å². The molecule has 2 atom stereocenters. The number of likely N-dealkylation sites (tertiary alicyclic amines) is 1. The van der Waals surface area contributed by atoms with E-state index in [1.807, 2.05) is 12.1 Å². The average Bonchev–Trinajstić information content (AvgIpc) is 3.34. The molecule has 1 aromatic heterocycles. The van der Waals surface area contributed by atoms with Crippen molar-refractivity contribution < 1.29 is 19.3 Å². The molecule has 3 aromatic rings. The van der Waals surface area contributed by atoms with Crippen molar-refractivity contribution in [2.24, 2.45) is 0 Å². The number of nitrogens with zero attached hydrogens (tertiary/aromatic N) is 2. The summed E-state index contributed by atoms with van der Waals surface area (Å²) in [6, 6.07) is 11.7.